The van der Waals surface area contributed by atoms with Gasteiger partial charge in [-0.2, -0.15) is 5.10 Å². The van der Waals surface area contributed by atoms with Gasteiger partial charge < -0.3 is 5.73 Å². The highest BCUT2D eigenvalue weighted by atomic mass is 16.2. The van der Waals surface area contributed by atoms with E-state index in [0.29, 0.717) is 0 Å². The average Bonchev–Trinajstić information content (AvgIpc) is 1.98. The van der Waals surface area contributed by atoms with E-state index < -0.39 is 11.9 Å². The third-order valence-electron chi connectivity index (χ3n) is 0.794. The molecule has 11 heavy (non-hydrogen) atoms. The molecule has 0 bridgehead atoms. The second kappa shape index (κ2) is 4.23. The van der Waals surface area contributed by atoms with Crippen molar-refractivity contribution in [3.63, 3.8) is 0 Å². The third kappa shape index (κ3) is 3.87. The van der Waals surface area contributed by atoms with Crippen LogP contribution in [0.1, 0.15) is 6.92 Å². The van der Waals surface area contributed by atoms with Gasteiger partial charge in [0.25, 0.3) is 5.91 Å². The van der Waals surface area contributed by atoms with E-state index in [4.69, 9.17) is 5.84 Å². The Balaban J connectivity index is 4.00. The predicted molar refractivity (Wildman–Crippen MR) is 38.2 cm³/mol. The lowest BCUT2D eigenvalue weighted by molar-refractivity contribution is -0.114. The first kappa shape index (κ1) is 9.37. The van der Waals surface area contributed by atoms with Crippen LogP contribution in [0.2, 0.25) is 0 Å². The van der Waals surface area contributed by atoms with Crippen LogP contribution in [0.4, 0.5) is 4.79 Å². The molecule has 7 nitrogen and oxygen atoms in total. The molecular weight excluding hydrogens is 150 g/mol. The summed E-state index contributed by atoms with van der Waals surface area (Å²) in [7, 11) is 0. The molecule has 0 aliphatic rings. The lowest BCUT2D eigenvalue weighted by Crippen LogP contribution is -2.36. The Morgan fingerprint density at radius 2 is 2.00 bits per heavy atom. The van der Waals surface area contributed by atoms with E-state index in [1.807, 2.05) is 10.9 Å². The van der Waals surface area contributed by atoms with Gasteiger partial charge in [-0.15, -0.1) is 0 Å². The molecule has 0 radical (unpaired) electrons. The molecule has 6 N–H and O–H groups in total. The topological polar surface area (TPSA) is 123 Å². The van der Waals surface area contributed by atoms with Crippen molar-refractivity contribution in [1.29, 1.82) is 0 Å². The molecule has 0 aliphatic carbocycles. The number of nitrogens with one attached hydrogen (secondary N) is 2. The molecular formula is C4H9N5O2. The Bertz CT molecular complexity index is 199. The van der Waals surface area contributed by atoms with E-state index in [2.05, 4.69) is 10.8 Å². The van der Waals surface area contributed by atoms with Gasteiger partial charge in [0.05, 0.1) is 0 Å². The minimum absolute atomic E-state index is 0.0197. The molecule has 0 atom stereocenters. The van der Waals surface area contributed by atoms with Gasteiger partial charge in [0.1, 0.15) is 5.71 Å². The Hall–Kier alpha value is -1.63. The molecule has 0 aromatic heterocycles. The molecule has 7 heteroatoms. The average molecular weight is 159 g/mol. The monoisotopic (exact) mass is 159 g/mol. The summed E-state index contributed by atoms with van der Waals surface area (Å²) >= 11 is 0. The fourth-order valence-corrected chi connectivity index (χ4v) is 0.294. The van der Waals surface area contributed by atoms with Crippen molar-refractivity contribution < 1.29 is 9.59 Å². The standard InChI is InChI=1S/C4H9N5O2/c1-2(3(10)7-6)8-9-4(5)11/h6H2,1H3,(H,7,10)(H3,5,9,11). The Morgan fingerprint density at radius 3 is 2.36 bits per heavy atom. The fraction of sp³-hybridized carbons (Fsp3) is 0.250. The number of urea groups is 1. The van der Waals surface area contributed by atoms with E-state index in [9.17, 15) is 9.59 Å². The van der Waals surface area contributed by atoms with E-state index in [-0.39, 0.29) is 5.71 Å². The first-order valence-electron chi connectivity index (χ1n) is 2.68. The molecule has 0 aromatic rings. The Kier molecular flexibility index (Phi) is 3.60. The number of primary amides is 1. The number of hydrogen-bond donors (Lipinski definition) is 4. The Morgan fingerprint density at radius 1 is 1.45 bits per heavy atom. The van der Waals surface area contributed by atoms with Gasteiger partial charge >= 0.3 is 6.03 Å². The highest BCUT2D eigenvalue weighted by Crippen LogP contribution is 1.72. The first-order valence-corrected chi connectivity index (χ1v) is 2.68. The summed E-state index contributed by atoms with van der Waals surface area (Å²) in [5, 5.41) is 3.29. The van der Waals surface area contributed by atoms with Crippen molar-refractivity contribution in [2.24, 2.45) is 16.7 Å². The van der Waals surface area contributed by atoms with Crippen LogP contribution in [-0.2, 0) is 4.79 Å². The highest BCUT2D eigenvalue weighted by molar-refractivity contribution is 6.37. The molecule has 0 heterocycles. The molecule has 3 amide bonds. The van der Waals surface area contributed by atoms with Crippen molar-refractivity contribution in [3.8, 4) is 0 Å². The summed E-state index contributed by atoms with van der Waals surface area (Å²) in [6.45, 7) is 1.37. The SMILES string of the molecule is CC(=NNC(N)=O)C(=O)NN. The van der Waals surface area contributed by atoms with Crippen LogP contribution in [0.5, 0.6) is 0 Å². The summed E-state index contributed by atoms with van der Waals surface area (Å²) < 4.78 is 0. The molecule has 0 rings (SSSR count). The number of hydrazine groups is 1. The number of hydrazone groups is 1. The number of amides is 3. The molecule has 0 aromatic carbocycles. The maximum Gasteiger partial charge on any atom is 0.332 e. The van der Waals surface area contributed by atoms with Crippen LogP contribution in [-0.4, -0.2) is 17.6 Å². The van der Waals surface area contributed by atoms with E-state index >= 15 is 0 Å². The molecule has 0 aliphatic heterocycles. The van der Waals surface area contributed by atoms with Crippen LogP contribution >= 0.6 is 0 Å². The van der Waals surface area contributed by atoms with Gasteiger partial charge in [-0.25, -0.2) is 16.1 Å². The zero-order valence-electron chi connectivity index (χ0n) is 5.92. The summed E-state index contributed by atoms with van der Waals surface area (Å²) in [6, 6.07) is -0.839. The minimum atomic E-state index is -0.839. The van der Waals surface area contributed by atoms with Crippen molar-refractivity contribution in [2.75, 3.05) is 0 Å². The van der Waals surface area contributed by atoms with Crippen molar-refractivity contribution >= 4 is 17.6 Å². The van der Waals surface area contributed by atoms with Gasteiger partial charge in [-0.05, 0) is 6.92 Å². The van der Waals surface area contributed by atoms with Crippen LogP contribution in [0.15, 0.2) is 5.10 Å². The van der Waals surface area contributed by atoms with Crippen LogP contribution in [0, 0.1) is 0 Å². The smallest absolute Gasteiger partial charge is 0.332 e. The lowest BCUT2D eigenvalue weighted by atomic mass is 10.4. The fourth-order valence-electron chi connectivity index (χ4n) is 0.294. The van der Waals surface area contributed by atoms with Crippen LogP contribution in [0.25, 0.3) is 0 Å². The number of carbonyl (C=O) groups is 2. The molecule has 0 spiro atoms. The zero-order valence-corrected chi connectivity index (χ0v) is 5.92. The number of nitrogens with zero attached hydrogens (tertiary/aromatic N) is 1. The molecule has 0 fully saturated rings. The summed E-state index contributed by atoms with van der Waals surface area (Å²) in [5.41, 5.74) is 8.38. The lowest BCUT2D eigenvalue weighted by Gasteiger charge is -1.97. The van der Waals surface area contributed by atoms with Gasteiger partial charge in [0, 0.05) is 0 Å². The van der Waals surface area contributed by atoms with Crippen molar-refractivity contribution in [3.05, 3.63) is 0 Å². The van der Waals surface area contributed by atoms with Crippen LogP contribution < -0.4 is 22.4 Å². The summed E-state index contributed by atoms with van der Waals surface area (Å²) in [5.74, 6) is 4.17. The maximum absolute atomic E-state index is 10.6. The zero-order chi connectivity index (χ0) is 8.85. The number of hydrogen-bond acceptors (Lipinski definition) is 4. The molecule has 62 valence electrons. The van der Waals surface area contributed by atoms with Crippen molar-refractivity contribution in [2.45, 2.75) is 6.92 Å². The van der Waals surface area contributed by atoms with Gasteiger partial charge in [-0.1, -0.05) is 0 Å². The normalized spacial score (nSPS) is 10.5. The van der Waals surface area contributed by atoms with E-state index in [0.717, 1.165) is 0 Å². The second-order valence-corrected chi connectivity index (χ2v) is 1.65. The third-order valence-corrected chi connectivity index (χ3v) is 0.794. The number of rotatable bonds is 2. The Labute approximate surface area is 62.8 Å². The summed E-state index contributed by atoms with van der Waals surface area (Å²) in [6.07, 6.45) is 0. The van der Waals surface area contributed by atoms with Gasteiger partial charge in [0.2, 0.25) is 0 Å². The number of carbonyl (C=O) groups excluding carboxylic acids is 2. The van der Waals surface area contributed by atoms with E-state index in [1.54, 1.807) is 0 Å². The number of nitrogens with two attached hydrogens (primary N) is 2. The van der Waals surface area contributed by atoms with Gasteiger partial charge in [0.15, 0.2) is 0 Å². The maximum atomic E-state index is 10.6. The van der Waals surface area contributed by atoms with E-state index in [1.165, 1.54) is 6.92 Å². The molecule has 0 unspecified atom stereocenters. The summed E-state index contributed by atoms with van der Waals surface area (Å²) in [4.78, 5) is 20.6. The van der Waals surface area contributed by atoms with Gasteiger partial charge in [-0.3, -0.25) is 10.2 Å². The van der Waals surface area contributed by atoms with Crippen LogP contribution in [0.3, 0.4) is 0 Å². The highest BCUT2D eigenvalue weighted by Gasteiger charge is 2.01. The second-order valence-electron chi connectivity index (χ2n) is 1.65. The largest absolute Gasteiger partial charge is 0.350 e. The minimum Gasteiger partial charge on any atom is -0.350 e. The van der Waals surface area contributed by atoms with Crippen molar-refractivity contribution in [1.82, 2.24) is 10.9 Å². The predicted octanol–water partition coefficient (Wildman–Crippen LogP) is -1.98. The first-order chi connectivity index (χ1) is 5.07. The molecule has 0 saturated carbocycles. The molecule has 0 saturated heterocycles. The quantitative estimate of drug-likeness (QED) is 0.161.